The Labute approximate surface area is 97.4 Å². The zero-order valence-corrected chi connectivity index (χ0v) is 9.55. The van der Waals surface area contributed by atoms with Crippen LogP contribution < -0.4 is 0 Å². The largest absolute Gasteiger partial charge is 0.378 e. The summed E-state index contributed by atoms with van der Waals surface area (Å²) in [4.78, 5) is 0. The molecule has 1 aliphatic heterocycles. The van der Waals surface area contributed by atoms with E-state index >= 15 is 0 Å². The maximum absolute atomic E-state index is 5.86. The Kier molecular flexibility index (Phi) is 2.29. The molecular weight excluding hydrogens is 228 g/mol. The van der Waals surface area contributed by atoms with E-state index < -0.39 is 0 Å². The van der Waals surface area contributed by atoms with E-state index in [1.165, 1.54) is 0 Å². The number of ether oxygens (including phenoxy) is 1. The molecular formula is C10H11ClN4O. The quantitative estimate of drug-likeness (QED) is 0.758. The van der Waals surface area contributed by atoms with E-state index in [1.54, 1.807) is 10.6 Å². The van der Waals surface area contributed by atoms with Crippen LogP contribution in [0.2, 0.25) is 5.15 Å². The second-order valence-electron chi connectivity index (χ2n) is 4.06. The molecule has 1 aliphatic rings. The highest BCUT2D eigenvalue weighted by atomic mass is 35.5. The maximum Gasteiger partial charge on any atom is 0.178 e. The third kappa shape index (κ3) is 1.56. The number of fused-ring (bicyclic) bond motifs is 1. The van der Waals surface area contributed by atoms with Gasteiger partial charge in [-0.15, -0.1) is 10.2 Å². The molecule has 5 nitrogen and oxygen atoms in total. The molecule has 2 atom stereocenters. The first kappa shape index (κ1) is 9.99. The van der Waals surface area contributed by atoms with Crippen LogP contribution in [0.4, 0.5) is 0 Å². The molecule has 2 aromatic rings. The van der Waals surface area contributed by atoms with Gasteiger partial charge in [-0.2, -0.15) is 9.61 Å². The summed E-state index contributed by atoms with van der Waals surface area (Å²) in [6.45, 7) is 2.74. The molecule has 0 aliphatic carbocycles. The van der Waals surface area contributed by atoms with Gasteiger partial charge in [-0.1, -0.05) is 11.6 Å². The van der Waals surface area contributed by atoms with Gasteiger partial charge in [-0.3, -0.25) is 0 Å². The van der Waals surface area contributed by atoms with Crippen molar-refractivity contribution in [3.05, 3.63) is 23.1 Å². The summed E-state index contributed by atoms with van der Waals surface area (Å²) in [5.74, 6) is 1.10. The van der Waals surface area contributed by atoms with Gasteiger partial charge in [0.2, 0.25) is 0 Å². The lowest BCUT2D eigenvalue weighted by molar-refractivity contribution is 0.123. The van der Waals surface area contributed by atoms with Crippen LogP contribution in [0, 0.1) is 0 Å². The molecule has 0 aromatic carbocycles. The van der Waals surface area contributed by atoms with E-state index in [0.29, 0.717) is 11.8 Å². The third-order valence-corrected chi connectivity index (χ3v) is 3.02. The molecule has 0 saturated carbocycles. The summed E-state index contributed by atoms with van der Waals surface area (Å²) in [6, 6.07) is 3.52. The Hall–Kier alpha value is -1.20. The van der Waals surface area contributed by atoms with Crippen molar-refractivity contribution >= 4 is 17.2 Å². The van der Waals surface area contributed by atoms with E-state index in [2.05, 4.69) is 22.2 Å². The highest BCUT2D eigenvalue weighted by molar-refractivity contribution is 6.29. The molecule has 3 rings (SSSR count). The van der Waals surface area contributed by atoms with Gasteiger partial charge in [-0.05, 0) is 25.5 Å². The number of halogens is 1. The zero-order valence-electron chi connectivity index (χ0n) is 8.80. The smallest absolute Gasteiger partial charge is 0.178 e. The molecule has 2 unspecified atom stereocenters. The predicted molar refractivity (Wildman–Crippen MR) is 58.6 cm³/mol. The fraction of sp³-hybridized carbons (Fsp3) is 0.500. The van der Waals surface area contributed by atoms with Crippen LogP contribution in [0.5, 0.6) is 0 Å². The van der Waals surface area contributed by atoms with Gasteiger partial charge in [0, 0.05) is 5.92 Å². The van der Waals surface area contributed by atoms with Crippen molar-refractivity contribution in [2.75, 3.05) is 6.61 Å². The number of nitrogens with zero attached hydrogens (tertiary/aromatic N) is 4. The molecule has 0 N–H and O–H groups in total. The van der Waals surface area contributed by atoms with Gasteiger partial charge in [0.15, 0.2) is 11.5 Å². The Morgan fingerprint density at radius 2 is 2.31 bits per heavy atom. The van der Waals surface area contributed by atoms with Crippen LogP contribution >= 0.6 is 11.6 Å². The van der Waals surface area contributed by atoms with E-state index in [-0.39, 0.29) is 12.0 Å². The molecule has 0 bridgehead atoms. The van der Waals surface area contributed by atoms with Crippen LogP contribution in [0.25, 0.3) is 5.65 Å². The Balaban J connectivity index is 2.06. The van der Waals surface area contributed by atoms with Crippen LogP contribution in [-0.2, 0) is 4.74 Å². The minimum absolute atomic E-state index is 0.260. The molecule has 0 amide bonds. The van der Waals surface area contributed by atoms with Crippen molar-refractivity contribution in [1.82, 2.24) is 19.8 Å². The summed E-state index contributed by atoms with van der Waals surface area (Å²) >= 11 is 5.86. The van der Waals surface area contributed by atoms with Crippen LogP contribution in [0.15, 0.2) is 12.1 Å². The Morgan fingerprint density at radius 3 is 3.06 bits per heavy atom. The lowest BCUT2D eigenvalue weighted by atomic mass is 10.1. The summed E-state index contributed by atoms with van der Waals surface area (Å²) in [6.07, 6.45) is 1.23. The van der Waals surface area contributed by atoms with Crippen molar-refractivity contribution in [1.29, 1.82) is 0 Å². The van der Waals surface area contributed by atoms with Gasteiger partial charge in [-0.25, -0.2) is 0 Å². The minimum Gasteiger partial charge on any atom is -0.378 e. The summed E-state index contributed by atoms with van der Waals surface area (Å²) < 4.78 is 7.23. The number of rotatable bonds is 1. The molecule has 0 radical (unpaired) electrons. The van der Waals surface area contributed by atoms with Gasteiger partial charge >= 0.3 is 0 Å². The monoisotopic (exact) mass is 238 g/mol. The van der Waals surface area contributed by atoms with Crippen LogP contribution in [0.3, 0.4) is 0 Å². The molecule has 3 heterocycles. The summed E-state index contributed by atoms with van der Waals surface area (Å²) in [7, 11) is 0. The summed E-state index contributed by atoms with van der Waals surface area (Å²) in [5, 5.41) is 12.9. The first-order chi connectivity index (χ1) is 7.74. The zero-order chi connectivity index (χ0) is 11.1. The topological polar surface area (TPSA) is 52.3 Å². The minimum atomic E-state index is 0.260. The molecule has 6 heteroatoms. The van der Waals surface area contributed by atoms with Crippen molar-refractivity contribution in [3.63, 3.8) is 0 Å². The Morgan fingerprint density at radius 1 is 1.44 bits per heavy atom. The van der Waals surface area contributed by atoms with Gasteiger partial charge in [0.1, 0.15) is 5.15 Å². The van der Waals surface area contributed by atoms with E-state index in [9.17, 15) is 0 Å². The molecule has 16 heavy (non-hydrogen) atoms. The van der Waals surface area contributed by atoms with Crippen molar-refractivity contribution in [2.24, 2.45) is 0 Å². The predicted octanol–water partition coefficient (Wildman–Crippen LogP) is 1.67. The third-order valence-electron chi connectivity index (χ3n) is 2.82. The molecule has 1 fully saturated rings. The lowest BCUT2D eigenvalue weighted by Crippen LogP contribution is -2.06. The average Bonchev–Trinajstić information content (AvgIpc) is 2.83. The highest BCUT2D eigenvalue weighted by Crippen LogP contribution is 2.27. The van der Waals surface area contributed by atoms with E-state index in [0.717, 1.165) is 17.9 Å². The fourth-order valence-corrected chi connectivity index (χ4v) is 2.17. The van der Waals surface area contributed by atoms with Gasteiger partial charge < -0.3 is 4.74 Å². The second kappa shape index (κ2) is 3.68. The first-order valence-electron chi connectivity index (χ1n) is 5.23. The van der Waals surface area contributed by atoms with Gasteiger partial charge in [0.25, 0.3) is 0 Å². The van der Waals surface area contributed by atoms with Crippen molar-refractivity contribution < 1.29 is 4.74 Å². The lowest BCUT2D eigenvalue weighted by Gasteiger charge is -2.04. The van der Waals surface area contributed by atoms with Crippen molar-refractivity contribution in [3.8, 4) is 0 Å². The van der Waals surface area contributed by atoms with E-state index in [4.69, 9.17) is 16.3 Å². The first-order valence-corrected chi connectivity index (χ1v) is 5.61. The van der Waals surface area contributed by atoms with Crippen molar-refractivity contribution in [2.45, 2.75) is 25.4 Å². The van der Waals surface area contributed by atoms with Crippen LogP contribution in [-0.4, -0.2) is 32.5 Å². The maximum atomic E-state index is 5.86. The number of hydrogen-bond donors (Lipinski definition) is 0. The summed E-state index contributed by atoms with van der Waals surface area (Å²) in [5.41, 5.74) is 0.721. The molecule has 2 aromatic heterocycles. The standard InChI is InChI=1S/C10H11ClN4O/c1-6-4-7(5-16-6)10-13-12-9-3-2-8(11)14-15(9)10/h2-3,6-7H,4-5H2,1H3. The second-order valence-corrected chi connectivity index (χ2v) is 4.45. The Bertz CT molecular complexity index is 527. The van der Waals surface area contributed by atoms with Crippen LogP contribution in [0.1, 0.15) is 25.1 Å². The number of aromatic nitrogens is 4. The van der Waals surface area contributed by atoms with E-state index in [1.807, 2.05) is 6.07 Å². The molecule has 1 saturated heterocycles. The SMILES string of the molecule is CC1CC(c2nnc3ccc(Cl)nn23)CO1. The normalized spacial score (nSPS) is 25.4. The fourth-order valence-electron chi connectivity index (χ4n) is 2.03. The highest BCUT2D eigenvalue weighted by Gasteiger charge is 2.28. The average molecular weight is 239 g/mol. The van der Waals surface area contributed by atoms with Gasteiger partial charge in [0.05, 0.1) is 12.7 Å². The molecule has 84 valence electrons. The number of hydrogen-bond acceptors (Lipinski definition) is 4. The molecule has 0 spiro atoms.